The molecule has 0 bridgehead atoms. The number of hydrogen-bond acceptors (Lipinski definition) is 6. The molecular weight excluding hydrogens is 461 g/mol. The van der Waals surface area contributed by atoms with Gasteiger partial charge in [-0.1, -0.05) is 11.6 Å². The summed E-state index contributed by atoms with van der Waals surface area (Å²) in [4.78, 5) is 23.1. The van der Waals surface area contributed by atoms with Gasteiger partial charge in [-0.2, -0.15) is 0 Å². The van der Waals surface area contributed by atoms with Gasteiger partial charge >= 0.3 is 0 Å². The van der Waals surface area contributed by atoms with E-state index in [1.54, 1.807) is 23.2 Å². The van der Waals surface area contributed by atoms with Crippen LogP contribution in [-0.4, -0.2) is 47.1 Å². The second-order valence-corrected chi connectivity index (χ2v) is 8.52. The number of rotatable bonds is 7. The number of ether oxygens (including phenoxy) is 3. The van der Waals surface area contributed by atoms with Crippen LogP contribution in [0.1, 0.15) is 37.0 Å². The maximum Gasteiger partial charge on any atom is 0.256 e. The number of methoxy groups -OCH3 is 1. The van der Waals surface area contributed by atoms with Gasteiger partial charge in [0.1, 0.15) is 22.3 Å². The molecule has 1 aliphatic heterocycles. The first-order valence-electron chi connectivity index (χ1n) is 11.0. The molecule has 1 saturated heterocycles. The van der Waals surface area contributed by atoms with Crippen LogP contribution in [0.4, 0.5) is 4.39 Å². The molecule has 0 spiro atoms. The van der Waals surface area contributed by atoms with Crippen LogP contribution in [-0.2, 0) is 0 Å². The monoisotopic (exact) mass is 485 g/mol. The number of carbonyl (C=O) groups is 1. The molecule has 0 unspecified atom stereocenters. The zero-order valence-corrected chi connectivity index (χ0v) is 19.9. The molecule has 3 heterocycles. The van der Waals surface area contributed by atoms with E-state index in [2.05, 4.69) is 9.97 Å². The lowest BCUT2D eigenvalue weighted by atomic mass is 10.0. The van der Waals surface area contributed by atoms with E-state index in [1.165, 1.54) is 31.5 Å². The van der Waals surface area contributed by atoms with Gasteiger partial charge in [0.2, 0.25) is 11.8 Å². The van der Waals surface area contributed by atoms with E-state index in [4.69, 9.17) is 25.8 Å². The average Bonchev–Trinajstić information content (AvgIpc) is 3.35. The summed E-state index contributed by atoms with van der Waals surface area (Å²) in [6.07, 6.45) is 4.73. The first kappa shape index (κ1) is 23.8. The number of amides is 1. The van der Waals surface area contributed by atoms with Crippen LogP contribution >= 0.6 is 11.6 Å². The zero-order valence-electron chi connectivity index (χ0n) is 19.2. The Hall–Kier alpha value is -3.39. The van der Waals surface area contributed by atoms with Crippen molar-refractivity contribution in [2.45, 2.75) is 32.8 Å². The second-order valence-electron chi connectivity index (χ2n) is 8.11. The molecule has 0 saturated carbocycles. The summed E-state index contributed by atoms with van der Waals surface area (Å²) in [7, 11) is 1.49. The Labute approximate surface area is 202 Å². The van der Waals surface area contributed by atoms with Crippen molar-refractivity contribution in [3.63, 3.8) is 0 Å². The minimum Gasteiger partial charge on any atom is -0.481 e. The Balaban J connectivity index is 1.77. The van der Waals surface area contributed by atoms with Crippen molar-refractivity contribution in [3.8, 4) is 34.4 Å². The summed E-state index contributed by atoms with van der Waals surface area (Å²) < 4.78 is 32.1. The minimum absolute atomic E-state index is 0.0352. The van der Waals surface area contributed by atoms with E-state index in [-0.39, 0.29) is 40.0 Å². The van der Waals surface area contributed by atoms with Crippen molar-refractivity contribution in [1.29, 1.82) is 0 Å². The quantitative estimate of drug-likeness (QED) is 0.423. The number of aromatic nitrogens is 2. The fraction of sp³-hybridized carbons (Fsp3) is 0.320. The smallest absolute Gasteiger partial charge is 0.256 e. The maximum absolute atomic E-state index is 15.2. The molecule has 1 aromatic carbocycles. The normalized spacial score (nSPS) is 13.3. The van der Waals surface area contributed by atoms with Crippen LogP contribution in [0.3, 0.4) is 0 Å². The largest absolute Gasteiger partial charge is 0.481 e. The molecule has 0 aliphatic carbocycles. The predicted octanol–water partition coefficient (Wildman–Crippen LogP) is 5.76. The van der Waals surface area contributed by atoms with Gasteiger partial charge < -0.3 is 19.1 Å². The molecule has 178 valence electrons. The fourth-order valence-electron chi connectivity index (χ4n) is 3.76. The summed E-state index contributed by atoms with van der Waals surface area (Å²) in [5.74, 6) is -0.00504. The fourth-order valence-corrected chi connectivity index (χ4v) is 3.96. The topological polar surface area (TPSA) is 73.8 Å². The number of hydrogen-bond donors (Lipinski definition) is 0. The molecule has 3 aromatic rings. The van der Waals surface area contributed by atoms with E-state index < -0.39 is 5.82 Å². The van der Waals surface area contributed by atoms with Crippen molar-refractivity contribution in [3.05, 3.63) is 59.1 Å². The summed E-state index contributed by atoms with van der Waals surface area (Å²) in [5.41, 5.74) is 0.966. The van der Waals surface area contributed by atoms with Gasteiger partial charge in [-0.25, -0.2) is 14.4 Å². The molecule has 0 N–H and O–H groups in total. The van der Waals surface area contributed by atoms with Gasteiger partial charge in [0.05, 0.1) is 25.0 Å². The molecule has 4 rings (SSSR count). The summed E-state index contributed by atoms with van der Waals surface area (Å²) in [6, 6.07) is 7.70. The summed E-state index contributed by atoms with van der Waals surface area (Å²) in [5, 5.41) is 0.257. The predicted molar refractivity (Wildman–Crippen MR) is 126 cm³/mol. The highest BCUT2D eigenvalue weighted by Gasteiger charge is 2.26. The molecule has 1 amide bonds. The Morgan fingerprint density at radius 1 is 1.12 bits per heavy atom. The average molecular weight is 486 g/mol. The molecule has 2 aromatic heterocycles. The van der Waals surface area contributed by atoms with E-state index >= 15 is 4.39 Å². The molecule has 1 fully saturated rings. The molecule has 1 aliphatic rings. The maximum atomic E-state index is 15.2. The van der Waals surface area contributed by atoms with Crippen molar-refractivity contribution in [1.82, 2.24) is 14.9 Å². The van der Waals surface area contributed by atoms with Crippen LogP contribution in [0.15, 0.2) is 42.7 Å². The molecule has 0 atom stereocenters. The zero-order chi connectivity index (χ0) is 24.2. The Morgan fingerprint density at radius 3 is 2.56 bits per heavy atom. The number of pyridine rings is 2. The van der Waals surface area contributed by atoms with Crippen molar-refractivity contribution < 1.29 is 23.4 Å². The third kappa shape index (κ3) is 5.07. The summed E-state index contributed by atoms with van der Waals surface area (Å²) in [6.45, 7) is 4.95. The SMILES string of the molecule is COc1ncccc1-c1cc(C(=O)N2CCCC2)c(F)cc1Oc1cnc(OC(C)C)c(Cl)c1. The molecule has 0 radical (unpaired) electrons. The van der Waals surface area contributed by atoms with Crippen molar-refractivity contribution in [2.24, 2.45) is 0 Å². The van der Waals surface area contributed by atoms with E-state index in [0.29, 0.717) is 30.1 Å². The summed E-state index contributed by atoms with van der Waals surface area (Å²) >= 11 is 6.29. The van der Waals surface area contributed by atoms with Crippen LogP contribution in [0, 0.1) is 5.82 Å². The highest BCUT2D eigenvalue weighted by Crippen LogP contribution is 2.40. The third-order valence-electron chi connectivity index (χ3n) is 5.31. The van der Waals surface area contributed by atoms with Crippen LogP contribution in [0.2, 0.25) is 5.02 Å². The number of likely N-dealkylation sites (tertiary alicyclic amines) is 1. The Morgan fingerprint density at radius 2 is 1.88 bits per heavy atom. The van der Waals surface area contributed by atoms with Gasteiger partial charge in [-0.15, -0.1) is 0 Å². The van der Waals surface area contributed by atoms with E-state index in [0.717, 1.165) is 12.8 Å². The number of carbonyl (C=O) groups excluding carboxylic acids is 1. The van der Waals surface area contributed by atoms with Gasteiger partial charge in [0.25, 0.3) is 5.91 Å². The first-order chi connectivity index (χ1) is 16.4. The van der Waals surface area contributed by atoms with Gasteiger partial charge in [0, 0.05) is 42.5 Å². The van der Waals surface area contributed by atoms with Crippen molar-refractivity contribution in [2.75, 3.05) is 20.2 Å². The molecule has 34 heavy (non-hydrogen) atoms. The van der Waals surface area contributed by atoms with Gasteiger partial charge in [0.15, 0.2) is 0 Å². The second kappa shape index (κ2) is 10.3. The van der Waals surface area contributed by atoms with Crippen LogP contribution < -0.4 is 14.2 Å². The molecule has 7 nitrogen and oxygen atoms in total. The van der Waals surface area contributed by atoms with Crippen molar-refractivity contribution >= 4 is 17.5 Å². The Kier molecular flexibility index (Phi) is 7.17. The highest BCUT2D eigenvalue weighted by molar-refractivity contribution is 6.31. The lowest BCUT2D eigenvalue weighted by Crippen LogP contribution is -2.28. The van der Waals surface area contributed by atoms with Gasteiger partial charge in [-0.05, 0) is 44.9 Å². The van der Waals surface area contributed by atoms with Crippen LogP contribution in [0.5, 0.6) is 23.3 Å². The standard InChI is InChI=1S/C25H25ClFN3O4/c1-15(2)33-24-20(26)11-16(14-29-24)34-22-13-21(27)19(25(31)30-9-4-5-10-30)12-18(22)17-7-6-8-28-23(17)32-3/h6-8,11-15H,4-5,9-10H2,1-3H3. The van der Waals surface area contributed by atoms with Crippen LogP contribution in [0.25, 0.3) is 11.1 Å². The third-order valence-corrected chi connectivity index (χ3v) is 5.58. The number of halogens is 2. The number of benzene rings is 1. The lowest BCUT2D eigenvalue weighted by molar-refractivity contribution is 0.0788. The highest BCUT2D eigenvalue weighted by atomic mass is 35.5. The lowest BCUT2D eigenvalue weighted by Gasteiger charge is -2.19. The molecular formula is C25H25ClFN3O4. The van der Waals surface area contributed by atoms with E-state index in [1.807, 2.05) is 13.8 Å². The Bertz CT molecular complexity index is 1200. The first-order valence-corrected chi connectivity index (χ1v) is 11.4. The minimum atomic E-state index is -0.683. The van der Waals surface area contributed by atoms with Gasteiger partial charge in [-0.3, -0.25) is 4.79 Å². The molecule has 9 heteroatoms. The van der Waals surface area contributed by atoms with E-state index in [9.17, 15) is 4.79 Å². The number of nitrogens with zero attached hydrogens (tertiary/aromatic N) is 3.